The summed E-state index contributed by atoms with van der Waals surface area (Å²) in [4.78, 5) is 12.8. The van der Waals surface area contributed by atoms with Crippen LogP contribution in [0, 0.1) is 0 Å². The van der Waals surface area contributed by atoms with Gasteiger partial charge in [0.25, 0.3) is 0 Å². The number of unbranched alkanes of at least 4 members (excludes halogenated alkanes) is 9. The molecular weight excluding hydrogens is 368 g/mol. The summed E-state index contributed by atoms with van der Waals surface area (Å²) >= 11 is 0. The zero-order valence-corrected chi connectivity index (χ0v) is 18.7. The van der Waals surface area contributed by atoms with Gasteiger partial charge in [0.2, 0.25) is 0 Å². The minimum absolute atomic E-state index is 0.204. The molecule has 3 rings (SSSR count). The van der Waals surface area contributed by atoms with Crippen molar-refractivity contribution in [3.8, 4) is 0 Å². The number of hydrogen-bond donors (Lipinski definition) is 0. The molecule has 0 fully saturated rings. The summed E-state index contributed by atoms with van der Waals surface area (Å²) < 4.78 is 5.83. The molecule has 0 saturated carbocycles. The lowest BCUT2D eigenvalue weighted by atomic mass is 10.0. The van der Waals surface area contributed by atoms with Crippen molar-refractivity contribution in [1.29, 1.82) is 0 Å². The molecule has 2 heteroatoms. The lowest BCUT2D eigenvalue weighted by Gasteiger charge is -2.10. The average Bonchev–Trinajstić information content (AvgIpc) is 3.11. The fourth-order valence-electron chi connectivity index (χ4n) is 4.33. The predicted molar refractivity (Wildman–Crippen MR) is 128 cm³/mol. The van der Waals surface area contributed by atoms with E-state index in [9.17, 15) is 4.79 Å². The fourth-order valence-corrected chi connectivity index (χ4v) is 4.33. The normalized spacial score (nSPS) is 13.0. The van der Waals surface area contributed by atoms with Crippen molar-refractivity contribution < 1.29 is 9.53 Å². The standard InChI is InChI=1S/C28H36O2/c1-3-5-6-7-8-9-10-11-12-13-16-22(4-2)28(29)30-26-21-24-19-14-17-23-18-15-20-25(26)27(23)24/h4,14-15,17-21H,3,5-13,16H2,1-2H3. The minimum Gasteiger partial charge on any atom is -0.422 e. The van der Waals surface area contributed by atoms with Crippen molar-refractivity contribution >= 4 is 28.6 Å². The van der Waals surface area contributed by atoms with Gasteiger partial charge >= 0.3 is 5.97 Å². The van der Waals surface area contributed by atoms with Gasteiger partial charge in [-0.1, -0.05) is 107 Å². The lowest BCUT2D eigenvalue weighted by Crippen LogP contribution is -2.07. The predicted octanol–water partition coefficient (Wildman–Crippen LogP) is 8.45. The number of esters is 1. The van der Waals surface area contributed by atoms with Crippen LogP contribution in [0.15, 0.2) is 48.0 Å². The number of rotatable bonds is 13. The summed E-state index contributed by atoms with van der Waals surface area (Å²) in [5.74, 6) is 0.471. The molecule has 0 N–H and O–H groups in total. The smallest absolute Gasteiger partial charge is 0.339 e. The first-order valence-corrected chi connectivity index (χ1v) is 11.9. The minimum atomic E-state index is -0.204. The molecule has 0 bridgehead atoms. The summed E-state index contributed by atoms with van der Waals surface area (Å²) in [6.07, 6.45) is 17.7. The largest absolute Gasteiger partial charge is 0.422 e. The first-order chi connectivity index (χ1) is 14.7. The highest BCUT2D eigenvalue weighted by Gasteiger charge is 2.21. The van der Waals surface area contributed by atoms with Gasteiger partial charge < -0.3 is 4.74 Å². The van der Waals surface area contributed by atoms with Gasteiger partial charge in [0, 0.05) is 11.1 Å². The second-order valence-electron chi connectivity index (χ2n) is 8.39. The Kier molecular flexibility index (Phi) is 8.74. The van der Waals surface area contributed by atoms with E-state index in [2.05, 4.69) is 25.1 Å². The van der Waals surface area contributed by atoms with Crippen LogP contribution in [0.3, 0.4) is 0 Å². The van der Waals surface area contributed by atoms with Crippen molar-refractivity contribution in [1.82, 2.24) is 0 Å². The second kappa shape index (κ2) is 11.7. The van der Waals surface area contributed by atoms with Gasteiger partial charge in [0.15, 0.2) is 0 Å². The lowest BCUT2D eigenvalue weighted by molar-refractivity contribution is -0.132. The van der Waals surface area contributed by atoms with Crippen molar-refractivity contribution in [3.05, 3.63) is 59.2 Å². The number of benzene rings is 2. The highest BCUT2D eigenvalue weighted by Crippen LogP contribution is 2.37. The summed E-state index contributed by atoms with van der Waals surface area (Å²) in [5.41, 5.74) is 2.94. The van der Waals surface area contributed by atoms with Gasteiger partial charge in [0.1, 0.15) is 5.76 Å². The maximum absolute atomic E-state index is 12.8. The van der Waals surface area contributed by atoms with E-state index in [1.807, 2.05) is 37.3 Å². The summed E-state index contributed by atoms with van der Waals surface area (Å²) in [6.45, 7) is 4.20. The molecule has 2 nitrogen and oxygen atoms in total. The molecule has 0 atom stereocenters. The Labute approximate surface area is 182 Å². The van der Waals surface area contributed by atoms with Crippen molar-refractivity contribution in [2.45, 2.75) is 84.5 Å². The zero-order chi connectivity index (χ0) is 21.2. The van der Waals surface area contributed by atoms with Crippen LogP contribution in [0.4, 0.5) is 0 Å². The first kappa shape index (κ1) is 22.3. The zero-order valence-electron chi connectivity index (χ0n) is 18.7. The average molecular weight is 405 g/mol. The van der Waals surface area contributed by atoms with E-state index in [1.165, 1.54) is 68.6 Å². The van der Waals surface area contributed by atoms with Crippen molar-refractivity contribution in [2.24, 2.45) is 0 Å². The Hall–Kier alpha value is -2.35. The third-order valence-electron chi connectivity index (χ3n) is 6.10. The molecule has 160 valence electrons. The van der Waals surface area contributed by atoms with Crippen LogP contribution in [0.2, 0.25) is 0 Å². The van der Waals surface area contributed by atoms with E-state index >= 15 is 0 Å². The number of hydrogen-bond acceptors (Lipinski definition) is 2. The number of carbonyl (C=O) groups excluding carboxylic acids is 1. The molecule has 0 aliphatic heterocycles. The maximum atomic E-state index is 12.8. The topological polar surface area (TPSA) is 26.3 Å². The van der Waals surface area contributed by atoms with Gasteiger partial charge in [-0.25, -0.2) is 4.79 Å². The van der Waals surface area contributed by atoms with Gasteiger partial charge in [-0.3, -0.25) is 0 Å². The van der Waals surface area contributed by atoms with Crippen LogP contribution < -0.4 is 0 Å². The number of ether oxygens (including phenoxy) is 1. The van der Waals surface area contributed by atoms with Crippen LogP contribution >= 0.6 is 0 Å². The molecule has 0 saturated heterocycles. The third-order valence-corrected chi connectivity index (χ3v) is 6.10. The molecule has 0 unspecified atom stereocenters. The number of carbonyl (C=O) groups is 1. The Balaban J connectivity index is 1.41. The van der Waals surface area contributed by atoms with Crippen LogP contribution in [-0.2, 0) is 9.53 Å². The molecule has 0 spiro atoms. The molecule has 1 aliphatic carbocycles. The van der Waals surface area contributed by atoms with Gasteiger partial charge in [-0.15, -0.1) is 0 Å². The van der Waals surface area contributed by atoms with E-state index in [-0.39, 0.29) is 5.97 Å². The molecule has 0 amide bonds. The van der Waals surface area contributed by atoms with Gasteiger partial charge in [-0.2, -0.15) is 0 Å². The Morgan fingerprint density at radius 1 is 0.867 bits per heavy atom. The van der Waals surface area contributed by atoms with Crippen molar-refractivity contribution in [2.75, 3.05) is 0 Å². The fraction of sp³-hybridized carbons (Fsp3) is 0.464. The highest BCUT2D eigenvalue weighted by atomic mass is 16.5. The molecule has 0 heterocycles. The third kappa shape index (κ3) is 5.84. The monoisotopic (exact) mass is 404 g/mol. The Morgan fingerprint density at radius 3 is 2.17 bits per heavy atom. The van der Waals surface area contributed by atoms with E-state index < -0.39 is 0 Å². The van der Waals surface area contributed by atoms with E-state index in [1.54, 1.807) is 0 Å². The van der Waals surface area contributed by atoms with Crippen LogP contribution in [0.5, 0.6) is 0 Å². The molecule has 0 aromatic heterocycles. The summed E-state index contributed by atoms with van der Waals surface area (Å²) in [6, 6.07) is 12.4. The van der Waals surface area contributed by atoms with Crippen LogP contribution in [0.1, 0.15) is 95.6 Å². The quantitative estimate of drug-likeness (QED) is 0.190. The molecule has 0 radical (unpaired) electrons. The van der Waals surface area contributed by atoms with E-state index in [4.69, 9.17) is 4.74 Å². The highest BCUT2D eigenvalue weighted by molar-refractivity contribution is 6.09. The van der Waals surface area contributed by atoms with Crippen molar-refractivity contribution in [3.63, 3.8) is 0 Å². The SMILES string of the molecule is CC=C(CCCCCCCCCCCC)C(=O)OC1=Cc2cccc3cccc1c23. The molecular formula is C28H36O2. The van der Waals surface area contributed by atoms with E-state index in [0.29, 0.717) is 5.76 Å². The molecule has 2 aromatic carbocycles. The second-order valence-corrected chi connectivity index (χ2v) is 8.39. The maximum Gasteiger partial charge on any atom is 0.339 e. The van der Waals surface area contributed by atoms with Gasteiger partial charge in [0.05, 0.1) is 0 Å². The first-order valence-electron chi connectivity index (χ1n) is 11.9. The van der Waals surface area contributed by atoms with Crippen LogP contribution in [0.25, 0.3) is 22.6 Å². The Bertz CT molecular complexity index is 899. The summed E-state index contributed by atoms with van der Waals surface area (Å²) in [5, 5.41) is 2.36. The number of allylic oxidation sites excluding steroid dienone is 1. The van der Waals surface area contributed by atoms with Gasteiger partial charge in [-0.05, 0) is 42.2 Å². The Morgan fingerprint density at radius 2 is 1.50 bits per heavy atom. The molecule has 2 aromatic rings. The molecule has 30 heavy (non-hydrogen) atoms. The molecule has 1 aliphatic rings. The van der Waals surface area contributed by atoms with E-state index in [0.717, 1.165) is 29.5 Å². The summed E-state index contributed by atoms with van der Waals surface area (Å²) in [7, 11) is 0. The van der Waals surface area contributed by atoms with Crippen LogP contribution in [-0.4, -0.2) is 5.97 Å².